The lowest BCUT2D eigenvalue weighted by atomic mass is 10.6. The highest BCUT2D eigenvalue weighted by molar-refractivity contribution is 5.84. The van der Waals surface area contributed by atoms with E-state index in [-0.39, 0.29) is 6.54 Å². The summed E-state index contributed by atoms with van der Waals surface area (Å²) in [6, 6.07) is -0.740. The lowest BCUT2D eigenvalue weighted by molar-refractivity contribution is -0.135. The summed E-state index contributed by atoms with van der Waals surface area (Å²) in [5.74, 6) is -1.86. The van der Waals surface area contributed by atoms with Gasteiger partial charge in [0.05, 0.1) is 6.54 Å². The lowest BCUT2D eigenvalue weighted by Crippen LogP contribution is -2.42. The fourth-order valence-corrected chi connectivity index (χ4v) is 0.386. The summed E-state index contributed by atoms with van der Waals surface area (Å²) >= 11 is 0. The molecule has 68 valence electrons. The first kappa shape index (κ1) is 10.2. The largest absolute Gasteiger partial charge is 0.480 e. The third-order valence-corrected chi connectivity index (χ3v) is 0.823. The molecular weight excluding hydrogens is 166 g/mol. The van der Waals surface area contributed by atoms with Gasteiger partial charge in [0.15, 0.2) is 0 Å². The van der Waals surface area contributed by atoms with Crippen molar-refractivity contribution in [1.29, 1.82) is 0 Å². The molecule has 7 heteroatoms. The number of primary amides is 1. The molecule has 0 aromatic carbocycles. The van der Waals surface area contributed by atoms with Crippen LogP contribution >= 0.6 is 0 Å². The van der Waals surface area contributed by atoms with Crippen LogP contribution in [0.1, 0.15) is 0 Å². The van der Waals surface area contributed by atoms with Gasteiger partial charge in [-0.25, -0.2) is 4.79 Å². The van der Waals surface area contributed by atoms with Crippen LogP contribution in [0.15, 0.2) is 0 Å². The Morgan fingerprint density at radius 2 is 1.67 bits per heavy atom. The molecule has 0 bridgehead atoms. The Kier molecular flexibility index (Phi) is 4.20. The van der Waals surface area contributed by atoms with Crippen LogP contribution in [0.2, 0.25) is 0 Å². The predicted molar refractivity (Wildman–Crippen MR) is 38.2 cm³/mol. The summed E-state index contributed by atoms with van der Waals surface area (Å²) in [6.07, 6.45) is 0. The number of hydrogen-bond donors (Lipinski definition) is 4. The molecule has 0 saturated carbocycles. The molecule has 0 aliphatic carbocycles. The standard InChI is InChI=1S/C5H9N3O4/c6-3(9)1-7-5(12)8-2-4(10)11/h1-2H2,(H2,6,9)(H,10,11)(H2,7,8,12). The molecule has 0 radical (unpaired) electrons. The molecule has 0 unspecified atom stereocenters. The first-order valence-electron chi connectivity index (χ1n) is 3.04. The Bertz CT molecular complexity index is 183. The molecule has 0 heterocycles. The van der Waals surface area contributed by atoms with Gasteiger partial charge < -0.3 is 21.5 Å². The number of nitrogens with one attached hydrogen (secondary N) is 2. The number of rotatable bonds is 4. The van der Waals surface area contributed by atoms with Crippen LogP contribution in [0.4, 0.5) is 4.79 Å². The summed E-state index contributed by atoms with van der Waals surface area (Å²) in [6.45, 7) is -0.809. The Morgan fingerprint density at radius 3 is 2.08 bits per heavy atom. The predicted octanol–water partition coefficient (Wildman–Crippen LogP) is -2.14. The van der Waals surface area contributed by atoms with E-state index in [0.29, 0.717) is 0 Å². The van der Waals surface area contributed by atoms with Crippen LogP contribution in [0, 0.1) is 0 Å². The summed E-state index contributed by atoms with van der Waals surface area (Å²) in [5, 5.41) is 12.1. The van der Waals surface area contributed by atoms with E-state index in [0.717, 1.165) is 0 Å². The van der Waals surface area contributed by atoms with Crippen molar-refractivity contribution in [2.75, 3.05) is 13.1 Å². The highest BCUT2D eigenvalue weighted by Gasteiger charge is 2.02. The normalized spacial score (nSPS) is 8.67. The molecule has 0 aromatic rings. The maximum absolute atomic E-state index is 10.6. The first-order valence-corrected chi connectivity index (χ1v) is 3.04. The van der Waals surface area contributed by atoms with Gasteiger partial charge in [-0.3, -0.25) is 9.59 Å². The number of nitrogens with two attached hydrogens (primary N) is 1. The van der Waals surface area contributed by atoms with Crippen LogP contribution in [-0.4, -0.2) is 36.1 Å². The average Bonchev–Trinajstić information content (AvgIpc) is 1.96. The zero-order chi connectivity index (χ0) is 9.56. The highest BCUT2D eigenvalue weighted by atomic mass is 16.4. The van der Waals surface area contributed by atoms with E-state index in [9.17, 15) is 14.4 Å². The van der Waals surface area contributed by atoms with Gasteiger partial charge in [-0.1, -0.05) is 0 Å². The molecular formula is C5H9N3O4. The van der Waals surface area contributed by atoms with Crippen molar-refractivity contribution in [2.24, 2.45) is 5.73 Å². The maximum Gasteiger partial charge on any atom is 0.323 e. The second-order valence-corrected chi connectivity index (χ2v) is 1.90. The number of carboxylic acids is 1. The van der Waals surface area contributed by atoms with Gasteiger partial charge in [-0.2, -0.15) is 0 Å². The minimum Gasteiger partial charge on any atom is -0.480 e. The molecule has 0 spiro atoms. The molecule has 0 saturated heterocycles. The van der Waals surface area contributed by atoms with Gasteiger partial charge in [-0.05, 0) is 0 Å². The van der Waals surface area contributed by atoms with E-state index < -0.39 is 24.5 Å². The van der Waals surface area contributed by atoms with E-state index in [1.807, 2.05) is 10.6 Å². The van der Waals surface area contributed by atoms with Crippen molar-refractivity contribution in [2.45, 2.75) is 0 Å². The zero-order valence-electron chi connectivity index (χ0n) is 6.16. The van der Waals surface area contributed by atoms with Gasteiger partial charge in [0.2, 0.25) is 5.91 Å². The van der Waals surface area contributed by atoms with E-state index in [1.165, 1.54) is 0 Å². The van der Waals surface area contributed by atoms with E-state index in [2.05, 4.69) is 0 Å². The zero-order valence-corrected chi connectivity index (χ0v) is 6.16. The molecule has 5 N–H and O–H groups in total. The van der Waals surface area contributed by atoms with Crippen LogP contribution in [-0.2, 0) is 9.59 Å². The fraction of sp³-hybridized carbons (Fsp3) is 0.400. The van der Waals surface area contributed by atoms with E-state index >= 15 is 0 Å². The second-order valence-electron chi connectivity index (χ2n) is 1.90. The third-order valence-electron chi connectivity index (χ3n) is 0.823. The van der Waals surface area contributed by atoms with E-state index in [1.54, 1.807) is 0 Å². The molecule has 0 aliphatic rings. The smallest absolute Gasteiger partial charge is 0.323 e. The lowest BCUT2D eigenvalue weighted by Gasteiger charge is -2.02. The molecule has 0 fully saturated rings. The number of aliphatic carboxylic acids is 1. The van der Waals surface area contributed by atoms with Crippen molar-refractivity contribution in [3.63, 3.8) is 0 Å². The van der Waals surface area contributed by atoms with Gasteiger partial charge in [0.1, 0.15) is 6.54 Å². The van der Waals surface area contributed by atoms with Gasteiger partial charge in [0, 0.05) is 0 Å². The van der Waals surface area contributed by atoms with Crippen molar-refractivity contribution in [1.82, 2.24) is 10.6 Å². The third kappa shape index (κ3) is 6.33. The minimum absolute atomic E-state index is 0.314. The highest BCUT2D eigenvalue weighted by Crippen LogP contribution is 1.65. The number of carboxylic acid groups (broad SMARTS) is 1. The number of carbonyl (C=O) groups excluding carboxylic acids is 2. The second kappa shape index (κ2) is 4.94. The molecule has 0 aromatic heterocycles. The van der Waals surface area contributed by atoms with Crippen LogP contribution < -0.4 is 16.4 Å². The summed E-state index contributed by atoms with van der Waals surface area (Å²) < 4.78 is 0. The van der Waals surface area contributed by atoms with Crippen molar-refractivity contribution in [3.05, 3.63) is 0 Å². The first-order chi connectivity index (χ1) is 5.52. The van der Waals surface area contributed by atoms with Crippen LogP contribution in [0.25, 0.3) is 0 Å². The Morgan fingerprint density at radius 1 is 1.17 bits per heavy atom. The van der Waals surface area contributed by atoms with Crippen molar-refractivity contribution >= 4 is 17.9 Å². The Balaban J connectivity index is 3.47. The average molecular weight is 175 g/mol. The topological polar surface area (TPSA) is 122 Å². The Labute approximate surface area is 67.9 Å². The monoisotopic (exact) mass is 175 g/mol. The summed E-state index contributed by atoms with van der Waals surface area (Å²) in [7, 11) is 0. The van der Waals surface area contributed by atoms with Crippen molar-refractivity contribution in [3.8, 4) is 0 Å². The van der Waals surface area contributed by atoms with Gasteiger partial charge in [-0.15, -0.1) is 0 Å². The number of amides is 3. The Hall–Kier alpha value is -1.79. The van der Waals surface area contributed by atoms with Crippen LogP contribution in [0.5, 0.6) is 0 Å². The van der Waals surface area contributed by atoms with Crippen molar-refractivity contribution < 1.29 is 19.5 Å². The fourth-order valence-electron chi connectivity index (χ4n) is 0.386. The number of carbonyl (C=O) groups is 3. The number of urea groups is 1. The number of hydrogen-bond acceptors (Lipinski definition) is 3. The molecule has 7 nitrogen and oxygen atoms in total. The van der Waals surface area contributed by atoms with Gasteiger partial charge >= 0.3 is 12.0 Å². The molecule has 0 atom stereocenters. The molecule has 0 rings (SSSR count). The van der Waals surface area contributed by atoms with Gasteiger partial charge in [0.25, 0.3) is 0 Å². The molecule has 12 heavy (non-hydrogen) atoms. The van der Waals surface area contributed by atoms with Crippen LogP contribution in [0.3, 0.4) is 0 Å². The van der Waals surface area contributed by atoms with E-state index in [4.69, 9.17) is 10.8 Å². The quantitative estimate of drug-likeness (QED) is 0.389. The minimum atomic E-state index is -1.16. The maximum atomic E-state index is 10.6. The molecule has 0 aliphatic heterocycles. The molecule has 3 amide bonds. The summed E-state index contributed by atoms with van der Waals surface area (Å²) in [4.78, 5) is 30.6. The SMILES string of the molecule is NC(=O)CNC(=O)NCC(=O)O. The summed E-state index contributed by atoms with van der Waals surface area (Å²) in [5.41, 5.74) is 4.70.